The van der Waals surface area contributed by atoms with Crippen LogP contribution in [0.4, 0.5) is 0 Å². The Bertz CT molecular complexity index is 700. The fraction of sp³-hybridized carbons (Fsp3) is 0.267. The summed E-state index contributed by atoms with van der Waals surface area (Å²) in [5.41, 5.74) is 1.81. The van der Waals surface area contributed by atoms with E-state index in [1.807, 2.05) is 52.9 Å². The molecule has 6 heteroatoms. The fourth-order valence-corrected chi connectivity index (χ4v) is 3.01. The number of rotatable bonds is 5. The highest BCUT2D eigenvalue weighted by Gasteiger charge is 2.10. The maximum atomic E-state index is 12.0. The van der Waals surface area contributed by atoms with Gasteiger partial charge in [0.05, 0.1) is 15.9 Å². The van der Waals surface area contributed by atoms with Gasteiger partial charge in [0.1, 0.15) is 12.4 Å². The van der Waals surface area contributed by atoms with E-state index in [0.29, 0.717) is 16.8 Å². The largest absolute Gasteiger partial charge is 0.491 e. The highest BCUT2D eigenvalue weighted by molar-refractivity contribution is 14.1. The van der Waals surface area contributed by atoms with Gasteiger partial charge in [-0.05, 0) is 68.9 Å². The average molecular weight is 464 g/mol. The monoisotopic (exact) mass is 463 g/mol. The molecule has 0 fully saturated rings. The maximum absolute atomic E-state index is 12.0. The molecule has 21 heavy (non-hydrogen) atoms. The summed E-state index contributed by atoms with van der Waals surface area (Å²) in [6, 6.07) is 9.49. The molecule has 0 amide bonds. The number of methoxy groups -OCH3 is 1. The van der Waals surface area contributed by atoms with Crippen molar-refractivity contribution < 1.29 is 9.47 Å². The van der Waals surface area contributed by atoms with Crippen LogP contribution in [0, 0.1) is 3.57 Å². The van der Waals surface area contributed by atoms with Crippen molar-refractivity contribution in [1.82, 2.24) is 4.57 Å². The molecule has 1 aromatic carbocycles. The van der Waals surface area contributed by atoms with Crippen LogP contribution in [0.2, 0.25) is 0 Å². The van der Waals surface area contributed by atoms with Gasteiger partial charge < -0.3 is 14.0 Å². The smallest absolute Gasteiger partial charge is 0.264 e. The van der Waals surface area contributed by atoms with E-state index in [2.05, 4.69) is 15.9 Å². The Kier molecular flexibility index (Phi) is 5.83. The molecule has 0 radical (unpaired) electrons. The van der Waals surface area contributed by atoms with E-state index in [1.54, 1.807) is 18.7 Å². The summed E-state index contributed by atoms with van der Waals surface area (Å²) in [4.78, 5) is 12.0. The van der Waals surface area contributed by atoms with E-state index in [0.717, 1.165) is 21.5 Å². The number of pyridine rings is 1. The van der Waals surface area contributed by atoms with Gasteiger partial charge in [0.25, 0.3) is 5.56 Å². The normalized spacial score (nSPS) is 10.7. The van der Waals surface area contributed by atoms with Gasteiger partial charge in [0.2, 0.25) is 0 Å². The van der Waals surface area contributed by atoms with Gasteiger partial charge in [-0.15, -0.1) is 0 Å². The SMILES string of the molecule is COCCOc1ccc(-c2ccc(I)c(=O)n2C)c(Br)c1. The quantitative estimate of drug-likeness (QED) is 0.503. The minimum Gasteiger partial charge on any atom is -0.491 e. The van der Waals surface area contributed by atoms with E-state index < -0.39 is 0 Å². The van der Waals surface area contributed by atoms with Gasteiger partial charge in [-0.2, -0.15) is 0 Å². The molecule has 0 saturated carbocycles. The Balaban J connectivity index is 2.33. The molecule has 0 bridgehead atoms. The van der Waals surface area contributed by atoms with Crippen molar-refractivity contribution in [3.05, 3.63) is 48.7 Å². The van der Waals surface area contributed by atoms with Crippen LogP contribution in [0.15, 0.2) is 39.6 Å². The summed E-state index contributed by atoms with van der Waals surface area (Å²) < 4.78 is 13.8. The van der Waals surface area contributed by atoms with E-state index in [-0.39, 0.29) is 5.56 Å². The van der Waals surface area contributed by atoms with Crippen molar-refractivity contribution in [2.24, 2.45) is 7.05 Å². The number of nitrogens with zero attached hydrogens (tertiary/aromatic N) is 1. The number of hydrogen-bond donors (Lipinski definition) is 0. The molecular formula is C15H15BrINO3. The molecule has 0 saturated heterocycles. The van der Waals surface area contributed by atoms with Gasteiger partial charge in [0.15, 0.2) is 0 Å². The lowest BCUT2D eigenvalue weighted by molar-refractivity contribution is 0.146. The summed E-state index contributed by atoms with van der Waals surface area (Å²) in [5, 5.41) is 0. The first kappa shape index (κ1) is 16.5. The highest BCUT2D eigenvalue weighted by Crippen LogP contribution is 2.31. The second kappa shape index (κ2) is 7.42. The molecular weight excluding hydrogens is 449 g/mol. The third-order valence-corrected chi connectivity index (χ3v) is 4.51. The fourth-order valence-electron chi connectivity index (χ4n) is 1.91. The van der Waals surface area contributed by atoms with Gasteiger partial charge in [-0.3, -0.25) is 4.79 Å². The third-order valence-electron chi connectivity index (χ3n) is 3.03. The predicted octanol–water partition coefficient (Wildman–Crippen LogP) is 3.44. The molecule has 0 N–H and O–H groups in total. The molecule has 0 atom stereocenters. The molecule has 0 spiro atoms. The number of halogens is 2. The van der Waals surface area contributed by atoms with Crippen molar-refractivity contribution >= 4 is 38.5 Å². The van der Waals surface area contributed by atoms with Crippen LogP contribution >= 0.6 is 38.5 Å². The molecule has 0 aliphatic carbocycles. The van der Waals surface area contributed by atoms with Gasteiger partial charge in [-0.1, -0.05) is 0 Å². The van der Waals surface area contributed by atoms with Gasteiger partial charge in [0, 0.05) is 24.2 Å². The first-order chi connectivity index (χ1) is 10.0. The number of benzene rings is 1. The summed E-state index contributed by atoms with van der Waals surface area (Å²) in [7, 11) is 3.41. The Morgan fingerprint density at radius 1 is 1.24 bits per heavy atom. The summed E-state index contributed by atoms with van der Waals surface area (Å²) in [5.74, 6) is 0.762. The Morgan fingerprint density at radius 2 is 2.00 bits per heavy atom. The predicted molar refractivity (Wildman–Crippen MR) is 94.9 cm³/mol. The van der Waals surface area contributed by atoms with Crippen LogP contribution in [-0.4, -0.2) is 24.9 Å². The summed E-state index contributed by atoms with van der Waals surface area (Å²) >= 11 is 5.58. The van der Waals surface area contributed by atoms with Crippen LogP contribution in [0.5, 0.6) is 5.75 Å². The lowest BCUT2D eigenvalue weighted by Crippen LogP contribution is -2.20. The summed E-state index contributed by atoms with van der Waals surface area (Å²) in [6.45, 7) is 1.05. The maximum Gasteiger partial charge on any atom is 0.264 e. The van der Waals surface area contributed by atoms with E-state index in [9.17, 15) is 4.79 Å². The highest BCUT2D eigenvalue weighted by atomic mass is 127. The minimum atomic E-state index is 0.000390. The van der Waals surface area contributed by atoms with Crippen LogP contribution in [0.25, 0.3) is 11.3 Å². The van der Waals surface area contributed by atoms with Crippen LogP contribution in [0.1, 0.15) is 0 Å². The molecule has 4 nitrogen and oxygen atoms in total. The zero-order valence-electron chi connectivity index (χ0n) is 11.7. The van der Waals surface area contributed by atoms with Crippen molar-refractivity contribution in [2.45, 2.75) is 0 Å². The number of hydrogen-bond acceptors (Lipinski definition) is 3. The second-order valence-corrected chi connectivity index (χ2v) is 6.43. The van der Waals surface area contributed by atoms with Crippen molar-refractivity contribution in [1.29, 1.82) is 0 Å². The van der Waals surface area contributed by atoms with Crippen LogP contribution < -0.4 is 10.3 Å². The Hall–Kier alpha value is -0.860. The standard InChI is InChI=1S/C15H15BrINO3/c1-18-14(6-5-13(17)15(18)19)11-4-3-10(9-12(11)16)21-8-7-20-2/h3-6,9H,7-8H2,1-2H3. The summed E-state index contributed by atoms with van der Waals surface area (Å²) in [6.07, 6.45) is 0. The van der Waals surface area contributed by atoms with E-state index in [1.165, 1.54) is 0 Å². The van der Waals surface area contributed by atoms with Gasteiger partial charge in [-0.25, -0.2) is 0 Å². The first-order valence-corrected chi connectivity index (χ1v) is 8.19. The molecule has 0 aliphatic rings. The molecule has 0 unspecified atom stereocenters. The number of aromatic nitrogens is 1. The van der Waals surface area contributed by atoms with Crippen molar-refractivity contribution in [3.8, 4) is 17.0 Å². The van der Waals surface area contributed by atoms with Crippen molar-refractivity contribution in [2.75, 3.05) is 20.3 Å². The third kappa shape index (κ3) is 3.87. The minimum absolute atomic E-state index is 0.000390. The van der Waals surface area contributed by atoms with Crippen LogP contribution in [-0.2, 0) is 11.8 Å². The Labute approximate surface area is 145 Å². The average Bonchev–Trinajstić information content (AvgIpc) is 2.46. The Morgan fingerprint density at radius 3 is 2.67 bits per heavy atom. The molecule has 1 aromatic heterocycles. The molecule has 0 aliphatic heterocycles. The van der Waals surface area contributed by atoms with Crippen LogP contribution in [0.3, 0.4) is 0 Å². The number of ether oxygens (including phenoxy) is 2. The zero-order chi connectivity index (χ0) is 15.4. The second-order valence-electron chi connectivity index (χ2n) is 4.41. The lowest BCUT2D eigenvalue weighted by Gasteiger charge is -2.12. The lowest BCUT2D eigenvalue weighted by atomic mass is 10.1. The zero-order valence-corrected chi connectivity index (χ0v) is 15.5. The molecule has 1 heterocycles. The van der Waals surface area contributed by atoms with E-state index in [4.69, 9.17) is 9.47 Å². The molecule has 112 valence electrons. The molecule has 2 rings (SSSR count). The molecule has 2 aromatic rings. The first-order valence-electron chi connectivity index (χ1n) is 6.31. The topological polar surface area (TPSA) is 40.5 Å². The van der Waals surface area contributed by atoms with Crippen molar-refractivity contribution in [3.63, 3.8) is 0 Å². The van der Waals surface area contributed by atoms with E-state index >= 15 is 0 Å². The van der Waals surface area contributed by atoms with Gasteiger partial charge >= 0.3 is 0 Å².